The molecule has 0 atom stereocenters. The number of carbonyl (C=O) groups is 1. The SMILES string of the molecule is COC(=O)N1CCC(c2ccn(-c3ccc(Cn4c(=O)[nH]c5cnc(-c6ccccc6C(C)C)nc54)cc3)n2)CC1. The number of hydrogen-bond acceptors (Lipinski definition) is 6. The number of aromatic amines is 1. The van der Waals surface area contributed by atoms with Gasteiger partial charge in [0.2, 0.25) is 0 Å². The third kappa shape index (κ3) is 5.25. The van der Waals surface area contributed by atoms with Crippen molar-refractivity contribution in [1.29, 1.82) is 0 Å². The third-order valence-electron chi connectivity index (χ3n) is 7.83. The maximum absolute atomic E-state index is 12.9. The van der Waals surface area contributed by atoms with Crippen LogP contribution in [0.15, 0.2) is 71.8 Å². The molecule has 1 amide bonds. The van der Waals surface area contributed by atoms with Crippen LogP contribution in [0.4, 0.5) is 4.79 Å². The Hall–Kier alpha value is -4.73. The molecule has 1 aliphatic rings. The number of carbonyl (C=O) groups excluding carboxylic acids is 1. The number of fused-ring (bicyclic) bond motifs is 1. The van der Waals surface area contributed by atoms with Crippen LogP contribution in [0.1, 0.15) is 55.3 Å². The zero-order chi connectivity index (χ0) is 28.5. The fraction of sp³-hybridized carbons (Fsp3) is 0.323. The monoisotopic (exact) mass is 551 g/mol. The van der Waals surface area contributed by atoms with Crippen molar-refractivity contribution in [1.82, 2.24) is 34.2 Å². The molecule has 41 heavy (non-hydrogen) atoms. The van der Waals surface area contributed by atoms with Crippen molar-refractivity contribution < 1.29 is 9.53 Å². The number of ether oxygens (including phenoxy) is 1. The molecular weight excluding hydrogens is 518 g/mol. The number of nitrogens with zero attached hydrogens (tertiary/aromatic N) is 6. The zero-order valence-corrected chi connectivity index (χ0v) is 23.4. The number of methoxy groups -OCH3 is 1. The van der Waals surface area contributed by atoms with Crippen molar-refractivity contribution in [2.45, 2.75) is 45.1 Å². The summed E-state index contributed by atoms with van der Waals surface area (Å²) >= 11 is 0. The zero-order valence-electron chi connectivity index (χ0n) is 23.4. The third-order valence-corrected chi connectivity index (χ3v) is 7.83. The number of amides is 1. The van der Waals surface area contributed by atoms with Gasteiger partial charge in [0.1, 0.15) is 5.52 Å². The molecular formula is C31H33N7O3. The molecule has 0 aliphatic carbocycles. The molecule has 0 spiro atoms. The summed E-state index contributed by atoms with van der Waals surface area (Å²) < 4.78 is 8.36. The highest BCUT2D eigenvalue weighted by molar-refractivity contribution is 5.74. The van der Waals surface area contributed by atoms with Crippen LogP contribution in [0.5, 0.6) is 0 Å². The quantitative estimate of drug-likeness (QED) is 0.315. The maximum Gasteiger partial charge on any atom is 0.409 e. The molecule has 1 fully saturated rings. The summed E-state index contributed by atoms with van der Waals surface area (Å²) in [5, 5.41) is 4.82. The number of rotatable bonds is 6. The Balaban J connectivity index is 1.20. The molecule has 3 aromatic heterocycles. The molecule has 6 rings (SSSR count). The Kier molecular flexibility index (Phi) is 7.13. The van der Waals surface area contributed by atoms with Gasteiger partial charge in [-0.2, -0.15) is 5.10 Å². The van der Waals surface area contributed by atoms with Gasteiger partial charge in [0.15, 0.2) is 11.5 Å². The lowest BCUT2D eigenvalue weighted by Crippen LogP contribution is -2.37. The average molecular weight is 552 g/mol. The van der Waals surface area contributed by atoms with Gasteiger partial charge in [-0.1, -0.05) is 50.2 Å². The molecule has 10 heteroatoms. The van der Waals surface area contributed by atoms with E-state index in [4.69, 9.17) is 14.8 Å². The molecule has 2 aromatic carbocycles. The average Bonchev–Trinajstić information content (AvgIpc) is 3.62. The lowest BCUT2D eigenvalue weighted by Gasteiger charge is -2.30. The lowest BCUT2D eigenvalue weighted by molar-refractivity contribution is 0.112. The van der Waals surface area contributed by atoms with Gasteiger partial charge < -0.3 is 14.6 Å². The predicted molar refractivity (Wildman–Crippen MR) is 156 cm³/mol. The summed E-state index contributed by atoms with van der Waals surface area (Å²) in [6, 6.07) is 18.2. The summed E-state index contributed by atoms with van der Waals surface area (Å²) in [4.78, 5) is 38.6. The van der Waals surface area contributed by atoms with Gasteiger partial charge in [-0.05, 0) is 48.1 Å². The molecule has 10 nitrogen and oxygen atoms in total. The first-order chi connectivity index (χ1) is 19.9. The van der Waals surface area contributed by atoms with E-state index in [9.17, 15) is 9.59 Å². The summed E-state index contributed by atoms with van der Waals surface area (Å²) in [5.74, 6) is 1.24. The Bertz CT molecular complexity index is 1740. The first kappa shape index (κ1) is 26.5. The predicted octanol–water partition coefficient (Wildman–Crippen LogP) is 5.09. The van der Waals surface area contributed by atoms with Crippen molar-refractivity contribution in [3.05, 3.63) is 94.3 Å². The van der Waals surface area contributed by atoms with Crippen molar-refractivity contribution in [3.8, 4) is 17.1 Å². The first-order valence-corrected chi connectivity index (χ1v) is 13.9. The fourth-order valence-electron chi connectivity index (χ4n) is 5.55. The topological polar surface area (TPSA) is 111 Å². The summed E-state index contributed by atoms with van der Waals surface area (Å²) in [6.45, 7) is 6.01. The highest BCUT2D eigenvalue weighted by Gasteiger charge is 2.25. The second kappa shape index (κ2) is 11.0. The van der Waals surface area contributed by atoms with Gasteiger partial charge in [-0.25, -0.2) is 24.2 Å². The van der Waals surface area contributed by atoms with Crippen molar-refractivity contribution in [3.63, 3.8) is 0 Å². The van der Waals surface area contributed by atoms with Gasteiger partial charge >= 0.3 is 11.8 Å². The Morgan fingerprint density at radius 3 is 2.56 bits per heavy atom. The maximum atomic E-state index is 12.9. The van der Waals surface area contributed by atoms with Crippen LogP contribution in [0.2, 0.25) is 0 Å². The number of imidazole rings is 1. The molecule has 5 aromatic rings. The van der Waals surface area contributed by atoms with E-state index in [1.807, 2.05) is 59.4 Å². The van der Waals surface area contributed by atoms with Crippen LogP contribution in [0.25, 0.3) is 28.2 Å². The van der Waals surface area contributed by atoms with Crippen molar-refractivity contribution >= 4 is 17.3 Å². The second-order valence-corrected chi connectivity index (χ2v) is 10.8. The van der Waals surface area contributed by atoms with Crippen LogP contribution in [-0.2, 0) is 11.3 Å². The molecule has 1 saturated heterocycles. The van der Waals surface area contributed by atoms with Crippen LogP contribution >= 0.6 is 0 Å². The molecule has 210 valence electrons. The van der Waals surface area contributed by atoms with Crippen molar-refractivity contribution in [2.24, 2.45) is 0 Å². The number of aromatic nitrogens is 6. The smallest absolute Gasteiger partial charge is 0.409 e. The molecule has 0 saturated carbocycles. The lowest BCUT2D eigenvalue weighted by atomic mass is 9.94. The van der Waals surface area contributed by atoms with E-state index in [-0.39, 0.29) is 11.8 Å². The second-order valence-electron chi connectivity index (χ2n) is 10.8. The molecule has 1 N–H and O–H groups in total. The van der Waals surface area contributed by atoms with E-state index >= 15 is 0 Å². The minimum atomic E-state index is -0.270. The van der Waals surface area contributed by atoms with E-state index in [0.717, 1.165) is 35.3 Å². The number of piperidine rings is 1. The van der Waals surface area contributed by atoms with Crippen LogP contribution in [0, 0.1) is 0 Å². The normalized spacial score (nSPS) is 14.2. The van der Waals surface area contributed by atoms with Gasteiger partial charge in [-0.15, -0.1) is 0 Å². The number of likely N-dealkylation sites (tertiary alicyclic amines) is 1. The van der Waals surface area contributed by atoms with E-state index in [1.54, 1.807) is 15.7 Å². The molecule has 4 heterocycles. The van der Waals surface area contributed by atoms with E-state index < -0.39 is 0 Å². The Morgan fingerprint density at radius 2 is 1.83 bits per heavy atom. The largest absolute Gasteiger partial charge is 0.453 e. The minimum Gasteiger partial charge on any atom is -0.453 e. The molecule has 0 bridgehead atoms. The number of nitrogens with one attached hydrogen (secondary N) is 1. The summed E-state index contributed by atoms with van der Waals surface area (Å²) in [7, 11) is 1.42. The van der Waals surface area contributed by atoms with E-state index in [2.05, 4.69) is 29.9 Å². The minimum absolute atomic E-state index is 0.220. The highest BCUT2D eigenvalue weighted by Crippen LogP contribution is 2.29. The van der Waals surface area contributed by atoms with E-state index in [1.165, 1.54) is 12.7 Å². The molecule has 1 aliphatic heterocycles. The Morgan fingerprint density at radius 1 is 1.07 bits per heavy atom. The standard InChI is InChI=1S/C31H33N7O3/c1-20(2)24-6-4-5-7-25(24)28-32-18-27-29(34-28)37(30(39)33-27)19-21-8-10-23(11-9-21)38-17-14-26(35-38)22-12-15-36(16-13-22)31(40)41-3/h4-11,14,17-18,20,22H,12-13,15-16,19H2,1-3H3,(H,33,39). The molecule has 0 radical (unpaired) electrons. The van der Waals surface area contributed by atoms with Gasteiger partial charge in [0, 0.05) is 30.8 Å². The first-order valence-electron chi connectivity index (χ1n) is 13.9. The van der Waals surface area contributed by atoms with Gasteiger partial charge in [-0.3, -0.25) is 4.57 Å². The van der Waals surface area contributed by atoms with Gasteiger partial charge in [0.05, 0.1) is 31.2 Å². The number of hydrogen-bond donors (Lipinski definition) is 1. The van der Waals surface area contributed by atoms with Crippen LogP contribution < -0.4 is 5.69 Å². The Labute approximate surface area is 237 Å². The van der Waals surface area contributed by atoms with E-state index in [0.29, 0.717) is 48.5 Å². The highest BCUT2D eigenvalue weighted by atomic mass is 16.5. The summed E-state index contributed by atoms with van der Waals surface area (Å²) in [5.41, 5.74) is 6.05. The number of benzene rings is 2. The fourth-order valence-corrected chi connectivity index (χ4v) is 5.55. The van der Waals surface area contributed by atoms with Crippen molar-refractivity contribution in [2.75, 3.05) is 20.2 Å². The summed E-state index contributed by atoms with van der Waals surface area (Å²) in [6.07, 6.45) is 5.10. The molecule has 0 unspecified atom stereocenters. The van der Waals surface area contributed by atoms with Crippen LogP contribution in [0.3, 0.4) is 0 Å². The van der Waals surface area contributed by atoms with Crippen LogP contribution in [-0.4, -0.2) is 60.5 Å². The van der Waals surface area contributed by atoms with Gasteiger partial charge in [0.25, 0.3) is 0 Å². The number of H-pyrrole nitrogens is 1.